The van der Waals surface area contributed by atoms with E-state index in [4.69, 9.17) is 4.74 Å². The predicted molar refractivity (Wildman–Crippen MR) is 122 cm³/mol. The number of methoxy groups -OCH3 is 1. The minimum Gasteiger partial charge on any atom is -0.495 e. The van der Waals surface area contributed by atoms with E-state index >= 15 is 0 Å². The van der Waals surface area contributed by atoms with Crippen LogP contribution in [0.5, 0.6) is 5.75 Å². The number of halogens is 2. The van der Waals surface area contributed by atoms with Crippen molar-refractivity contribution in [3.05, 3.63) is 72.9 Å². The number of rotatable bonds is 5. The number of nitrogens with one attached hydrogen (secondary N) is 1. The van der Waals surface area contributed by atoms with E-state index in [9.17, 15) is 4.79 Å². The molecule has 4 nitrogen and oxygen atoms in total. The highest BCUT2D eigenvalue weighted by atomic mass is 127. The Morgan fingerprint density at radius 3 is 2.73 bits per heavy atom. The van der Waals surface area contributed by atoms with Gasteiger partial charge in [0.2, 0.25) is 5.91 Å². The third-order valence-electron chi connectivity index (χ3n) is 3.87. The Morgan fingerprint density at radius 1 is 1.15 bits per heavy atom. The van der Waals surface area contributed by atoms with E-state index in [0.717, 1.165) is 34.8 Å². The number of ether oxygens (including phenoxy) is 1. The van der Waals surface area contributed by atoms with Crippen LogP contribution in [0.15, 0.2) is 59.7 Å². The first-order valence-corrected chi connectivity index (χ1v) is 10.1. The Kier molecular flexibility index (Phi) is 6.47. The lowest BCUT2D eigenvalue weighted by atomic mass is 10.0. The number of amides is 1. The van der Waals surface area contributed by atoms with Crippen LogP contribution in [0, 0.1) is 7.14 Å². The average Bonchev–Trinajstić information content (AvgIpc) is 2.62. The molecule has 3 aromatic carbocycles. The molecular formula is C20H16I2N2O2. The van der Waals surface area contributed by atoms with Crippen LogP contribution >= 0.6 is 45.2 Å². The number of hydrazone groups is 1. The number of hydrogen-bond donors (Lipinski definition) is 1. The molecule has 0 unspecified atom stereocenters. The van der Waals surface area contributed by atoms with Crippen LogP contribution in [0.1, 0.15) is 11.1 Å². The van der Waals surface area contributed by atoms with Crippen molar-refractivity contribution in [1.82, 2.24) is 5.43 Å². The van der Waals surface area contributed by atoms with Gasteiger partial charge in [0.05, 0.1) is 23.3 Å². The molecule has 1 amide bonds. The largest absolute Gasteiger partial charge is 0.495 e. The third-order valence-corrected chi connectivity index (χ3v) is 5.29. The van der Waals surface area contributed by atoms with E-state index in [1.54, 1.807) is 13.3 Å². The summed E-state index contributed by atoms with van der Waals surface area (Å²) in [5, 5.41) is 6.31. The molecule has 1 N–H and O–H groups in total. The topological polar surface area (TPSA) is 50.7 Å². The fourth-order valence-electron chi connectivity index (χ4n) is 2.72. The van der Waals surface area contributed by atoms with Crippen LogP contribution in [0.4, 0.5) is 0 Å². The third kappa shape index (κ3) is 4.53. The van der Waals surface area contributed by atoms with E-state index < -0.39 is 0 Å². The molecule has 0 saturated heterocycles. The molecule has 0 aliphatic rings. The molecule has 0 aromatic heterocycles. The van der Waals surface area contributed by atoms with Gasteiger partial charge in [-0.05, 0) is 73.7 Å². The normalized spacial score (nSPS) is 11.0. The van der Waals surface area contributed by atoms with Crippen LogP contribution in [-0.4, -0.2) is 19.2 Å². The standard InChI is InChI=1S/C20H16I2N2O2/c1-26-20-15(9-16(21)11-18(20)22)12-23-24-19(25)10-14-7-4-6-13-5-2-3-8-17(13)14/h2-9,11-12H,10H2,1H3,(H,24,25). The van der Waals surface area contributed by atoms with Gasteiger partial charge in [-0.3, -0.25) is 4.79 Å². The number of benzene rings is 3. The van der Waals surface area contributed by atoms with Gasteiger partial charge in [-0.25, -0.2) is 5.43 Å². The second-order valence-corrected chi connectivity index (χ2v) is 8.03. The molecule has 0 spiro atoms. The number of fused-ring (bicyclic) bond motifs is 1. The van der Waals surface area contributed by atoms with Gasteiger partial charge in [-0.1, -0.05) is 42.5 Å². The molecule has 0 radical (unpaired) electrons. The molecule has 0 saturated carbocycles. The minimum absolute atomic E-state index is 0.156. The maximum Gasteiger partial charge on any atom is 0.244 e. The zero-order valence-electron chi connectivity index (χ0n) is 14.0. The van der Waals surface area contributed by atoms with Gasteiger partial charge in [0.1, 0.15) is 5.75 Å². The van der Waals surface area contributed by atoms with Crippen LogP contribution in [0.25, 0.3) is 10.8 Å². The summed E-state index contributed by atoms with van der Waals surface area (Å²) in [6.45, 7) is 0. The van der Waals surface area contributed by atoms with E-state index in [1.165, 1.54) is 0 Å². The van der Waals surface area contributed by atoms with Crippen LogP contribution < -0.4 is 10.2 Å². The van der Waals surface area contributed by atoms with Crippen molar-refractivity contribution in [2.45, 2.75) is 6.42 Å². The lowest BCUT2D eigenvalue weighted by Gasteiger charge is -2.08. The van der Waals surface area contributed by atoms with Gasteiger partial charge in [-0.15, -0.1) is 0 Å². The van der Waals surface area contributed by atoms with Crippen LogP contribution in [0.3, 0.4) is 0 Å². The fraction of sp³-hybridized carbons (Fsp3) is 0.100. The first-order valence-electron chi connectivity index (χ1n) is 7.90. The summed E-state index contributed by atoms with van der Waals surface area (Å²) in [7, 11) is 1.63. The fourth-order valence-corrected chi connectivity index (χ4v) is 4.83. The molecule has 3 aromatic rings. The molecule has 0 aliphatic heterocycles. The first-order chi connectivity index (χ1) is 12.6. The van der Waals surface area contributed by atoms with Crippen molar-refractivity contribution < 1.29 is 9.53 Å². The summed E-state index contributed by atoms with van der Waals surface area (Å²) in [4.78, 5) is 12.3. The van der Waals surface area contributed by atoms with Gasteiger partial charge in [0.15, 0.2) is 0 Å². The van der Waals surface area contributed by atoms with Crippen LogP contribution in [0.2, 0.25) is 0 Å². The Morgan fingerprint density at radius 2 is 1.92 bits per heavy atom. The van der Waals surface area contributed by atoms with Gasteiger partial charge in [0, 0.05) is 9.13 Å². The van der Waals surface area contributed by atoms with E-state index in [1.807, 2.05) is 54.6 Å². The quantitative estimate of drug-likeness (QED) is 0.274. The van der Waals surface area contributed by atoms with Crippen LogP contribution in [-0.2, 0) is 11.2 Å². The lowest BCUT2D eigenvalue weighted by Crippen LogP contribution is -2.20. The average molecular weight is 570 g/mol. The van der Waals surface area contributed by atoms with Gasteiger partial charge >= 0.3 is 0 Å². The predicted octanol–water partition coefficient (Wildman–Crippen LogP) is 4.75. The van der Waals surface area contributed by atoms with Crippen molar-refractivity contribution in [3.8, 4) is 5.75 Å². The summed E-state index contributed by atoms with van der Waals surface area (Å²) in [5.74, 6) is 0.593. The van der Waals surface area contributed by atoms with E-state index in [-0.39, 0.29) is 12.3 Å². The number of hydrogen-bond acceptors (Lipinski definition) is 3. The SMILES string of the molecule is COc1c(I)cc(I)cc1C=NNC(=O)Cc1cccc2ccccc12. The monoisotopic (exact) mass is 570 g/mol. The summed E-state index contributed by atoms with van der Waals surface area (Å²) in [6, 6.07) is 18.0. The number of carbonyl (C=O) groups is 1. The summed E-state index contributed by atoms with van der Waals surface area (Å²) in [6.07, 6.45) is 1.89. The van der Waals surface area contributed by atoms with Gasteiger partial charge in [-0.2, -0.15) is 5.10 Å². The lowest BCUT2D eigenvalue weighted by molar-refractivity contribution is -0.120. The summed E-state index contributed by atoms with van der Waals surface area (Å²) in [5.41, 5.74) is 4.42. The molecular weight excluding hydrogens is 554 g/mol. The number of carbonyl (C=O) groups excluding carboxylic acids is 1. The smallest absolute Gasteiger partial charge is 0.244 e. The molecule has 0 bridgehead atoms. The Bertz CT molecular complexity index is 981. The van der Waals surface area contributed by atoms with E-state index in [2.05, 4.69) is 55.7 Å². The molecule has 0 aliphatic carbocycles. The molecule has 0 fully saturated rings. The molecule has 0 atom stereocenters. The first kappa shape index (κ1) is 19.1. The van der Waals surface area contributed by atoms with Gasteiger partial charge < -0.3 is 4.74 Å². The zero-order valence-corrected chi connectivity index (χ0v) is 18.3. The van der Waals surface area contributed by atoms with Crippen molar-refractivity contribution >= 4 is 68.1 Å². The summed E-state index contributed by atoms with van der Waals surface area (Å²) < 4.78 is 7.50. The zero-order chi connectivity index (χ0) is 18.5. The Labute approximate surface area is 179 Å². The summed E-state index contributed by atoms with van der Waals surface area (Å²) >= 11 is 4.46. The Hall–Kier alpha value is -1.68. The van der Waals surface area contributed by atoms with Crippen molar-refractivity contribution in [3.63, 3.8) is 0 Å². The molecule has 26 heavy (non-hydrogen) atoms. The second-order valence-electron chi connectivity index (χ2n) is 5.62. The molecule has 6 heteroatoms. The molecule has 3 rings (SSSR count). The highest BCUT2D eigenvalue weighted by Crippen LogP contribution is 2.26. The van der Waals surface area contributed by atoms with E-state index in [0.29, 0.717) is 0 Å². The highest BCUT2D eigenvalue weighted by molar-refractivity contribution is 14.1. The Balaban J connectivity index is 1.72. The van der Waals surface area contributed by atoms with Gasteiger partial charge in [0.25, 0.3) is 0 Å². The highest BCUT2D eigenvalue weighted by Gasteiger charge is 2.08. The minimum atomic E-state index is -0.156. The van der Waals surface area contributed by atoms with Crippen molar-refractivity contribution in [2.24, 2.45) is 5.10 Å². The second kappa shape index (κ2) is 8.81. The van der Waals surface area contributed by atoms with Crippen molar-refractivity contribution in [2.75, 3.05) is 7.11 Å². The molecule has 132 valence electrons. The maximum absolute atomic E-state index is 12.3. The van der Waals surface area contributed by atoms with Crippen molar-refractivity contribution in [1.29, 1.82) is 0 Å². The number of nitrogens with zero attached hydrogens (tertiary/aromatic N) is 1. The molecule has 0 heterocycles. The maximum atomic E-state index is 12.3.